The van der Waals surface area contributed by atoms with Crippen LogP contribution in [0.4, 0.5) is 5.69 Å². The van der Waals surface area contributed by atoms with Gasteiger partial charge >= 0.3 is 5.97 Å². The van der Waals surface area contributed by atoms with Gasteiger partial charge in [0.2, 0.25) is 0 Å². The van der Waals surface area contributed by atoms with Gasteiger partial charge in [0.05, 0.1) is 0 Å². The number of benzene rings is 1. The van der Waals surface area contributed by atoms with Gasteiger partial charge < -0.3 is 10.1 Å². The third-order valence-electron chi connectivity index (χ3n) is 3.09. The highest BCUT2D eigenvalue weighted by molar-refractivity contribution is 5.98. The number of esters is 1. The highest BCUT2D eigenvalue weighted by atomic mass is 16.5. The Hall–Kier alpha value is -3.02. The third kappa shape index (κ3) is 4.47. The number of amides is 1. The van der Waals surface area contributed by atoms with Gasteiger partial charge in [-0.25, -0.2) is 9.78 Å². The molecular weight excluding hydrogens is 296 g/mol. The van der Waals surface area contributed by atoms with Crippen molar-refractivity contribution in [3.63, 3.8) is 0 Å². The van der Waals surface area contributed by atoms with Crippen molar-refractivity contribution in [2.45, 2.75) is 20.0 Å². The Morgan fingerprint density at radius 3 is 2.35 bits per heavy atom. The Morgan fingerprint density at radius 2 is 1.78 bits per heavy atom. The van der Waals surface area contributed by atoms with Crippen LogP contribution < -0.4 is 5.32 Å². The summed E-state index contributed by atoms with van der Waals surface area (Å²) in [7, 11) is 0. The highest BCUT2D eigenvalue weighted by Crippen LogP contribution is 2.11. The zero-order valence-corrected chi connectivity index (χ0v) is 12.8. The van der Waals surface area contributed by atoms with E-state index in [2.05, 4.69) is 10.3 Å². The van der Waals surface area contributed by atoms with Gasteiger partial charge in [0, 0.05) is 17.4 Å². The van der Waals surface area contributed by atoms with E-state index in [1.807, 2.05) is 0 Å². The first kappa shape index (κ1) is 16.4. The fraction of sp³-hybridized carbons (Fsp3) is 0.176. The number of ketones is 1. The molecule has 1 atom stereocenters. The number of aromatic nitrogens is 1. The molecule has 1 N–H and O–H groups in total. The number of nitrogens with one attached hydrogen (secondary N) is 1. The van der Waals surface area contributed by atoms with Crippen molar-refractivity contribution in [3.05, 3.63) is 59.9 Å². The van der Waals surface area contributed by atoms with Crippen molar-refractivity contribution >= 4 is 23.3 Å². The van der Waals surface area contributed by atoms with E-state index in [0.717, 1.165) is 0 Å². The summed E-state index contributed by atoms with van der Waals surface area (Å²) in [6.07, 6.45) is 0.495. The minimum Gasteiger partial charge on any atom is -0.448 e. The average molecular weight is 312 g/mol. The Balaban J connectivity index is 1.94. The molecule has 2 aromatic rings. The van der Waals surface area contributed by atoms with E-state index in [1.54, 1.807) is 36.4 Å². The fourth-order valence-corrected chi connectivity index (χ4v) is 1.79. The van der Waals surface area contributed by atoms with E-state index in [9.17, 15) is 14.4 Å². The second-order valence-electron chi connectivity index (χ2n) is 4.89. The van der Waals surface area contributed by atoms with E-state index in [4.69, 9.17) is 4.74 Å². The molecule has 6 heteroatoms. The molecule has 6 nitrogen and oxygen atoms in total. The molecule has 0 aliphatic rings. The monoisotopic (exact) mass is 312 g/mol. The number of rotatable bonds is 5. The first-order valence-corrected chi connectivity index (χ1v) is 7.01. The quantitative estimate of drug-likeness (QED) is 0.677. The largest absolute Gasteiger partial charge is 0.448 e. The van der Waals surface area contributed by atoms with Crippen molar-refractivity contribution in [3.8, 4) is 0 Å². The lowest BCUT2D eigenvalue weighted by atomic mass is 10.1. The molecular formula is C17H16N2O4. The Labute approximate surface area is 133 Å². The minimum atomic E-state index is -0.975. The number of ether oxygens (including phenoxy) is 1. The first-order chi connectivity index (χ1) is 11.0. The molecule has 0 aliphatic heterocycles. The van der Waals surface area contributed by atoms with Crippen molar-refractivity contribution < 1.29 is 19.1 Å². The summed E-state index contributed by atoms with van der Waals surface area (Å²) in [5.74, 6) is -1.19. The summed E-state index contributed by atoms with van der Waals surface area (Å²) >= 11 is 0. The summed E-state index contributed by atoms with van der Waals surface area (Å²) in [6, 6.07) is 11.3. The van der Waals surface area contributed by atoms with Crippen LogP contribution in [0.3, 0.4) is 0 Å². The number of hydrogen-bond donors (Lipinski definition) is 1. The summed E-state index contributed by atoms with van der Waals surface area (Å²) in [6.45, 7) is 2.94. The van der Waals surface area contributed by atoms with Crippen LogP contribution in [-0.2, 0) is 9.53 Å². The molecule has 23 heavy (non-hydrogen) atoms. The minimum absolute atomic E-state index is 0.0551. The number of pyridine rings is 1. The van der Waals surface area contributed by atoms with Crippen LogP contribution >= 0.6 is 0 Å². The predicted molar refractivity (Wildman–Crippen MR) is 84.2 cm³/mol. The van der Waals surface area contributed by atoms with Gasteiger partial charge in [0.25, 0.3) is 5.91 Å². The number of carbonyl (C=O) groups excluding carboxylic acids is 3. The third-order valence-corrected chi connectivity index (χ3v) is 3.09. The number of Topliss-reactive ketones (excluding diaryl/α,β-unsaturated/α-hetero) is 1. The Morgan fingerprint density at radius 1 is 1.09 bits per heavy atom. The van der Waals surface area contributed by atoms with Gasteiger partial charge in [0.15, 0.2) is 11.9 Å². The summed E-state index contributed by atoms with van der Waals surface area (Å²) in [4.78, 5) is 38.9. The van der Waals surface area contributed by atoms with Gasteiger partial charge in [0.1, 0.15) is 5.69 Å². The van der Waals surface area contributed by atoms with E-state index in [0.29, 0.717) is 11.3 Å². The molecule has 118 valence electrons. The van der Waals surface area contributed by atoms with Crippen LogP contribution in [0.15, 0.2) is 48.7 Å². The van der Waals surface area contributed by atoms with Crippen LogP contribution in [0, 0.1) is 0 Å². The Kier molecular flexibility index (Phi) is 5.19. The maximum atomic E-state index is 12.0. The molecule has 0 saturated heterocycles. The van der Waals surface area contributed by atoms with Gasteiger partial charge in [-0.2, -0.15) is 0 Å². The second-order valence-corrected chi connectivity index (χ2v) is 4.89. The molecule has 1 aromatic carbocycles. The molecule has 0 saturated carbocycles. The van der Waals surface area contributed by atoms with Crippen LogP contribution in [0.25, 0.3) is 0 Å². The van der Waals surface area contributed by atoms with Crippen LogP contribution in [0.2, 0.25) is 0 Å². The predicted octanol–water partition coefficient (Wildman–Crippen LogP) is 2.47. The van der Waals surface area contributed by atoms with Gasteiger partial charge in [-0.15, -0.1) is 0 Å². The van der Waals surface area contributed by atoms with E-state index < -0.39 is 18.0 Å². The SMILES string of the molecule is CC(=O)c1ccc(NC(=O)[C@H](C)OC(=O)c2ccccn2)cc1. The van der Waals surface area contributed by atoms with Crippen LogP contribution in [0.1, 0.15) is 34.7 Å². The lowest BCUT2D eigenvalue weighted by molar-refractivity contribution is -0.123. The van der Waals surface area contributed by atoms with Gasteiger partial charge in [-0.1, -0.05) is 6.07 Å². The molecule has 0 radical (unpaired) electrons. The van der Waals surface area contributed by atoms with Gasteiger partial charge in [-0.3, -0.25) is 9.59 Å². The molecule has 0 spiro atoms. The van der Waals surface area contributed by atoms with Crippen molar-refractivity contribution in [1.82, 2.24) is 4.98 Å². The normalized spacial score (nSPS) is 11.4. The number of anilines is 1. The lowest BCUT2D eigenvalue weighted by Crippen LogP contribution is -2.30. The standard InChI is InChI=1S/C17H16N2O4/c1-11(20)13-6-8-14(9-7-13)19-16(21)12(2)23-17(22)15-5-3-4-10-18-15/h3-10,12H,1-2H3,(H,19,21)/t12-/m0/s1. The molecule has 0 aliphatic carbocycles. The van der Waals surface area contributed by atoms with Crippen LogP contribution in [-0.4, -0.2) is 28.7 Å². The average Bonchev–Trinajstić information content (AvgIpc) is 2.56. The van der Waals surface area contributed by atoms with E-state index in [1.165, 1.54) is 26.1 Å². The number of hydrogen-bond acceptors (Lipinski definition) is 5. The molecule has 0 unspecified atom stereocenters. The fourth-order valence-electron chi connectivity index (χ4n) is 1.79. The molecule has 1 heterocycles. The maximum absolute atomic E-state index is 12.0. The summed E-state index contributed by atoms with van der Waals surface area (Å²) < 4.78 is 5.06. The molecule has 0 fully saturated rings. The van der Waals surface area contributed by atoms with Gasteiger partial charge in [-0.05, 0) is 50.2 Å². The molecule has 1 amide bonds. The number of nitrogens with zero attached hydrogens (tertiary/aromatic N) is 1. The van der Waals surface area contributed by atoms with E-state index >= 15 is 0 Å². The topological polar surface area (TPSA) is 85.4 Å². The maximum Gasteiger partial charge on any atom is 0.357 e. The summed E-state index contributed by atoms with van der Waals surface area (Å²) in [5, 5.41) is 2.62. The zero-order valence-electron chi connectivity index (χ0n) is 12.8. The first-order valence-electron chi connectivity index (χ1n) is 7.01. The smallest absolute Gasteiger partial charge is 0.357 e. The highest BCUT2D eigenvalue weighted by Gasteiger charge is 2.19. The van der Waals surface area contributed by atoms with Crippen LogP contribution in [0.5, 0.6) is 0 Å². The zero-order chi connectivity index (χ0) is 16.8. The van der Waals surface area contributed by atoms with Crippen molar-refractivity contribution in [2.75, 3.05) is 5.32 Å². The number of carbonyl (C=O) groups is 3. The summed E-state index contributed by atoms with van der Waals surface area (Å²) in [5.41, 5.74) is 1.20. The van der Waals surface area contributed by atoms with E-state index in [-0.39, 0.29) is 11.5 Å². The molecule has 1 aromatic heterocycles. The molecule has 0 bridgehead atoms. The van der Waals surface area contributed by atoms with Crippen molar-refractivity contribution in [2.24, 2.45) is 0 Å². The second kappa shape index (κ2) is 7.31. The lowest BCUT2D eigenvalue weighted by Gasteiger charge is -2.13. The van der Waals surface area contributed by atoms with Crippen molar-refractivity contribution in [1.29, 1.82) is 0 Å². The Bertz CT molecular complexity index is 711. The molecule has 2 rings (SSSR count).